The van der Waals surface area contributed by atoms with Crippen molar-refractivity contribution < 1.29 is 9.59 Å². The van der Waals surface area contributed by atoms with Gasteiger partial charge in [0.25, 0.3) is 11.8 Å². The fraction of sp³-hybridized carbons (Fsp3) is 0.579. The SMILES string of the molecule is CN(CC(C)(C)CN)C(=O)c1ccc(C(=O)NCC(C)(C)C)cc1.Cl. The summed E-state index contributed by atoms with van der Waals surface area (Å²) in [6, 6.07) is 6.76. The van der Waals surface area contributed by atoms with Gasteiger partial charge < -0.3 is 16.0 Å². The summed E-state index contributed by atoms with van der Waals surface area (Å²) in [5.41, 5.74) is 6.75. The van der Waals surface area contributed by atoms with Gasteiger partial charge >= 0.3 is 0 Å². The van der Waals surface area contributed by atoms with Gasteiger partial charge in [-0.1, -0.05) is 34.6 Å². The van der Waals surface area contributed by atoms with Crippen LogP contribution in [-0.4, -0.2) is 43.4 Å². The summed E-state index contributed by atoms with van der Waals surface area (Å²) >= 11 is 0. The fourth-order valence-corrected chi connectivity index (χ4v) is 2.21. The molecule has 0 unspecified atom stereocenters. The molecule has 0 fully saturated rings. The second-order valence-corrected chi connectivity index (χ2v) is 8.35. The number of amides is 2. The predicted molar refractivity (Wildman–Crippen MR) is 105 cm³/mol. The molecule has 0 saturated heterocycles. The van der Waals surface area contributed by atoms with Crippen molar-refractivity contribution >= 4 is 24.2 Å². The van der Waals surface area contributed by atoms with Crippen LogP contribution in [0, 0.1) is 10.8 Å². The zero-order valence-corrected chi connectivity index (χ0v) is 17.0. The van der Waals surface area contributed by atoms with Crippen molar-refractivity contribution in [3.8, 4) is 0 Å². The molecule has 0 heterocycles. The standard InChI is InChI=1S/C19H31N3O2.ClH/c1-18(2,3)12-21-16(23)14-7-9-15(10-8-14)17(24)22(6)13-19(4,5)11-20;/h7-10H,11-13,20H2,1-6H3,(H,21,23);1H. The first-order chi connectivity index (χ1) is 10.9. The quantitative estimate of drug-likeness (QED) is 0.809. The topological polar surface area (TPSA) is 75.4 Å². The Bertz CT molecular complexity index is 577. The second kappa shape index (κ2) is 9.20. The number of hydrogen-bond donors (Lipinski definition) is 2. The van der Waals surface area contributed by atoms with E-state index in [0.717, 1.165) is 0 Å². The lowest BCUT2D eigenvalue weighted by molar-refractivity contribution is 0.0740. The van der Waals surface area contributed by atoms with Crippen molar-refractivity contribution in [3.63, 3.8) is 0 Å². The minimum Gasteiger partial charge on any atom is -0.352 e. The van der Waals surface area contributed by atoms with Crippen LogP contribution in [0.4, 0.5) is 0 Å². The summed E-state index contributed by atoms with van der Waals surface area (Å²) in [7, 11) is 1.77. The molecule has 25 heavy (non-hydrogen) atoms. The molecule has 1 aromatic carbocycles. The van der Waals surface area contributed by atoms with Crippen LogP contribution in [0.3, 0.4) is 0 Å². The Morgan fingerprint density at radius 2 is 1.52 bits per heavy atom. The van der Waals surface area contributed by atoms with Crippen LogP contribution in [0.1, 0.15) is 55.3 Å². The Hall–Kier alpha value is -1.59. The van der Waals surface area contributed by atoms with Gasteiger partial charge in [0.1, 0.15) is 0 Å². The van der Waals surface area contributed by atoms with Crippen LogP contribution in [0.25, 0.3) is 0 Å². The van der Waals surface area contributed by atoms with Crippen LogP contribution in [0.2, 0.25) is 0 Å². The molecule has 0 aliphatic carbocycles. The average molecular weight is 370 g/mol. The number of hydrogen-bond acceptors (Lipinski definition) is 3. The Balaban J connectivity index is 0.00000576. The highest BCUT2D eigenvalue weighted by molar-refractivity contribution is 5.97. The molecule has 0 bridgehead atoms. The van der Waals surface area contributed by atoms with Crippen LogP contribution < -0.4 is 11.1 Å². The maximum atomic E-state index is 12.5. The van der Waals surface area contributed by atoms with E-state index in [0.29, 0.717) is 30.8 Å². The van der Waals surface area contributed by atoms with Crippen molar-refractivity contribution in [1.82, 2.24) is 10.2 Å². The third-order valence-corrected chi connectivity index (χ3v) is 3.74. The highest BCUT2D eigenvalue weighted by Crippen LogP contribution is 2.16. The molecule has 142 valence electrons. The molecule has 0 saturated carbocycles. The normalized spacial score (nSPS) is 11.5. The summed E-state index contributed by atoms with van der Waals surface area (Å²) in [4.78, 5) is 26.2. The Labute approximate surface area is 157 Å². The van der Waals surface area contributed by atoms with Gasteiger partial charge in [0.2, 0.25) is 0 Å². The summed E-state index contributed by atoms with van der Waals surface area (Å²) in [5.74, 6) is -0.195. The molecule has 3 N–H and O–H groups in total. The van der Waals surface area contributed by atoms with Crippen molar-refractivity contribution in [2.75, 3.05) is 26.7 Å². The van der Waals surface area contributed by atoms with Crippen molar-refractivity contribution in [1.29, 1.82) is 0 Å². The van der Waals surface area contributed by atoms with E-state index < -0.39 is 0 Å². The van der Waals surface area contributed by atoms with Gasteiger partial charge in [-0.3, -0.25) is 9.59 Å². The van der Waals surface area contributed by atoms with Gasteiger partial charge in [0.05, 0.1) is 0 Å². The fourth-order valence-electron chi connectivity index (χ4n) is 2.21. The molecule has 5 nitrogen and oxygen atoms in total. The van der Waals surface area contributed by atoms with Gasteiger partial charge in [-0.15, -0.1) is 12.4 Å². The zero-order valence-electron chi connectivity index (χ0n) is 16.2. The summed E-state index contributed by atoms with van der Waals surface area (Å²) < 4.78 is 0. The summed E-state index contributed by atoms with van der Waals surface area (Å²) in [5, 5.41) is 2.90. The van der Waals surface area contributed by atoms with E-state index in [1.807, 2.05) is 13.8 Å². The third-order valence-electron chi connectivity index (χ3n) is 3.74. The van der Waals surface area contributed by atoms with Crippen LogP contribution in [-0.2, 0) is 0 Å². The molecule has 0 spiro atoms. The number of nitrogens with two attached hydrogens (primary N) is 1. The molecule has 1 aromatic rings. The second-order valence-electron chi connectivity index (χ2n) is 8.35. The Kier molecular flexibility index (Phi) is 8.62. The van der Waals surface area contributed by atoms with E-state index in [-0.39, 0.29) is 35.1 Å². The molecular weight excluding hydrogens is 338 g/mol. The minimum absolute atomic E-state index is 0. The van der Waals surface area contributed by atoms with Crippen molar-refractivity contribution in [2.24, 2.45) is 16.6 Å². The lowest BCUT2D eigenvalue weighted by Gasteiger charge is -2.29. The summed E-state index contributed by atoms with van der Waals surface area (Å²) in [6.45, 7) is 11.9. The number of halogens is 1. The van der Waals surface area contributed by atoms with E-state index in [1.165, 1.54) is 0 Å². The van der Waals surface area contributed by atoms with E-state index >= 15 is 0 Å². The van der Waals surface area contributed by atoms with Crippen molar-refractivity contribution in [2.45, 2.75) is 34.6 Å². The van der Waals surface area contributed by atoms with Crippen LogP contribution in [0.15, 0.2) is 24.3 Å². The smallest absolute Gasteiger partial charge is 0.253 e. The molecule has 0 radical (unpaired) electrons. The lowest BCUT2D eigenvalue weighted by Crippen LogP contribution is -2.39. The largest absolute Gasteiger partial charge is 0.352 e. The van der Waals surface area contributed by atoms with Gasteiger partial charge in [0, 0.05) is 31.3 Å². The highest BCUT2D eigenvalue weighted by atomic mass is 35.5. The Morgan fingerprint density at radius 1 is 1.04 bits per heavy atom. The van der Waals surface area contributed by atoms with Gasteiger partial charge in [-0.05, 0) is 41.6 Å². The first kappa shape index (κ1) is 23.4. The third kappa shape index (κ3) is 7.88. The molecule has 1 rings (SSSR count). The first-order valence-electron chi connectivity index (χ1n) is 8.29. The number of carbonyl (C=O) groups excluding carboxylic acids is 2. The molecule has 0 aliphatic rings. The monoisotopic (exact) mass is 369 g/mol. The van der Waals surface area contributed by atoms with Gasteiger partial charge in [-0.25, -0.2) is 0 Å². The van der Waals surface area contributed by atoms with Gasteiger partial charge in [0.15, 0.2) is 0 Å². The maximum Gasteiger partial charge on any atom is 0.253 e. The minimum atomic E-state index is -0.128. The zero-order chi connectivity index (χ0) is 18.5. The molecule has 0 aromatic heterocycles. The molecule has 0 aliphatic heterocycles. The van der Waals surface area contributed by atoms with Crippen LogP contribution >= 0.6 is 12.4 Å². The molecule has 6 heteroatoms. The van der Waals surface area contributed by atoms with E-state index in [4.69, 9.17) is 5.73 Å². The maximum absolute atomic E-state index is 12.5. The first-order valence-corrected chi connectivity index (χ1v) is 8.29. The number of benzene rings is 1. The highest BCUT2D eigenvalue weighted by Gasteiger charge is 2.22. The molecule has 0 atom stereocenters. The van der Waals surface area contributed by atoms with Crippen molar-refractivity contribution in [3.05, 3.63) is 35.4 Å². The lowest BCUT2D eigenvalue weighted by atomic mass is 9.93. The number of carbonyl (C=O) groups is 2. The summed E-state index contributed by atoms with van der Waals surface area (Å²) in [6.07, 6.45) is 0. The average Bonchev–Trinajstić information content (AvgIpc) is 2.51. The number of rotatable bonds is 6. The predicted octanol–water partition coefficient (Wildman–Crippen LogP) is 2.94. The number of nitrogens with one attached hydrogen (secondary N) is 1. The van der Waals surface area contributed by atoms with E-state index in [9.17, 15) is 9.59 Å². The molecular formula is C19H32ClN3O2. The van der Waals surface area contributed by atoms with E-state index in [1.54, 1.807) is 36.2 Å². The van der Waals surface area contributed by atoms with Crippen LogP contribution in [0.5, 0.6) is 0 Å². The van der Waals surface area contributed by atoms with Gasteiger partial charge in [-0.2, -0.15) is 0 Å². The Morgan fingerprint density at radius 3 is 1.96 bits per heavy atom. The molecule has 2 amide bonds. The van der Waals surface area contributed by atoms with E-state index in [2.05, 4.69) is 26.1 Å². The number of nitrogens with zero attached hydrogens (tertiary/aromatic N) is 1.